The molecule has 0 radical (unpaired) electrons. The molecule has 7 heteroatoms. The van der Waals surface area contributed by atoms with Crippen LogP contribution in [0.1, 0.15) is 19.8 Å². The Kier molecular flexibility index (Phi) is 5.71. The molecule has 0 bridgehead atoms. The first kappa shape index (κ1) is 15.1. The Hall–Kier alpha value is -0.980. The molecule has 1 aliphatic rings. The number of carbonyl (C=O) groups excluding carboxylic acids is 1. The number of alkyl carbamates (subject to hydrolysis) is 1. The number of nitrogens with zero attached hydrogens (tertiary/aromatic N) is 1. The van der Waals surface area contributed by atoms with Crippen molar-refractivity contribution in [1.82, 2.24) is 10.2 Å². The normalized spacial score (nSPS) is 18.7. The number of halogens is 3. The summed E-state index contributed by atoms with van der Waals surface area (Å²) in [5.74, 6) is 0.196. The molecule has 0 aromatic carbocycles. The maximum atomic E-state index is 11.8. The number of nitrogens with one attached hydrogen (secondary N) is 1. The summed E-state index contributed by atoms with van der Waals surface area (Å²) in [6.45, 7) is 3.69. The first-order chi connectivity index (χ1) is 8.37. The summed E-state index contributed by atoms with van der Waals surface area (Å²) < 4.78 is 39.4. The fourth-order valence-corrected chi connectivity index (χ4v) is 1.93. The molecule has 0 spiro atoms. The van der Waals surface area contributed by atoms with Crippen LogP contribution in [0.15, 0.2) is 0 Å². The van der Waals surface area contributed by atoms with Crippen LogP contribution in [0.4, 0.5) is 18.0 Å². The number of amides is 1. The summed E-state index contributed by atoms with van der Waals surface area (Å²) in [5, 5.41) is 2.34. The van der Waals surface area contributed by atoms with Gasteiger partial charge in [0.25, 0.3) is 0 Å². The molecule has 18 heavy (non-hydrogen) atoms. The van der Waals surface area contributed by atoms with Crippen LogP contribution in [0.2, 0.25) is 0 Å². The number of rotatable bonds is 5. The molecule has 1 saturated heterocycles. The molecule has 0 saturated carbocycles. The lowest BCUT2D eigenvalue weighted by atomic mass is 10.1. The Bertz CT molecular complexity index is 266. The van der Waals surface area contributed by atoms with Crippen LogP contribution >= 0.6 is 0 Å². The van der Waals surface area contributed by atoms with E-state index in [9.17, 15) is 18.0 Å². The zero-order chi connectivity index (χ0) is 13.6. The summed E-state index contributed by atoms with van der Waals surface area (Å²) in [4.78, 5) is 13.3. The van der Waals surface area contributed by atoms with Crippen LogP contribution in [0.25, 0.3) is 0 Å². The van der Waals surface area contributed by atoms with Gasteiger partial charge in [0.1, 0.15) is 0 Å². The Balaban J connectivity index is 2.09. The van der Waals surface area contributed by atoms with Gasteiger partial charge in [-0.15, -0.1) is 0 Å². The van der Waals surface area contributed by atoms with Gasteiger partial charge in [-0.05, 0) is 31.8 Å². The second-order valence-corrected chi connectivity index (χ2v) is 4.69. The van der Waals surface area contributed by atoms with Gasteiger partial charge in [-0.3, -0.25) is 0 Å². The predicted octanol–water partition coefficient (Wildman–Crippen LogP) is 2.01. The molecule has 1 N–H and O–H groups in total. The van der Waals surface area contributed by atoms with Crippen molar-refractivity contribution in [3.05, 3.63) is 0 Å². The monoisotopic (exact) mass is 268 g/mol. The van der Waals surface area contributed by atoms with Crippen molar-refractivity contribution < 1.29 is 22.7 Å². The van der Waals surface area contributed by atoms with Gasteiger partial charge < -0.3 is 15.0 Å². The van der Waals surface area contributed by atoms with Crippen molar-refractivity contribution in [2.75, 3.05) is 32.8 Å². The molecule has 1 fully saturated rings. The van der Waals surface area contributed by atoms with Crippen LogP contribution in [0.3, 0.4) is 0 Å². The zero-order valence-electron chi connectivity index (χ0n) is 10.4. The topological polar surface area (TPSA) is 41.6 Å². The second kappa shape index (κ2) is 6.82. The molecule has 106 valence electrons. The quantitative estimate of drug-likeness (QED) is 0.829. The molecule has 1 aliphatic heterocycles. The zero-order valence-corrected chi connectivity index (χ0v) is 10.4. The maximum absolute atomic E-state index is 11.8. The van der Waals surface area contributed by atoms with Crippen molar-refractivity contribution in [3.8, 4) is 0 Å². The van der Waals surface area contributed by atoms with Crippen LogP contribution in [-0.2, 0) is 4.74 Å². The Morgan fingerprint density at radius 2 is 2.00 bits per heavy atom. The van der Waals surface area contributed by atoms with Crippen LogP contribution in [0, 0.1) is 5.92 Å². The van der Waals surface area contributed by atoms with E-state index in [1.54, 1.807) is 0 Å². The fourth-order valence-electron chi connectivity index (χ4n) is 1.93. The average Bonchev–Trinajstić information content (AvgIpc) is 2.75. The van der Waals surface area contributed by atoms with E-state index in [2.05, 4.69) is 15.0 Å². The summed E-state index contributed by atoms with van der Waals surface area (Å²) in [6.07, 6.45) is -3.11. The SMILES string of the molecule is CC(CNC(=O)OCC(F)(F)F)CN1CCCC1. The van der Waals surface area contributed by atoms with Crippen molar-refractivity contribution in [3.63, 3.8) is 0 Å². The molecule has 0 aliphatic carbocycles. The first-order valence-corrected chi connectivity index (χ1v) is 6.06. The van der Waals surface area contributed by atoms with E-state index in [0.29, 0.717) is 6.54 Å². The molecule has 0 aromatic rings. The van der Waals surface area contributed by atoms with Gasteiger partial charge in [0.2, 0.25) is 0 Å². The van der Waals surface area contributed by atoms with E-state index < -0.39 is 18.9 Å². The first-order valence-electron chi connectivity index (χ1n) is 6.06. The number of hydrogen-bond donors (Lipinski definition) is 1. The van der Waals surface area contributed by atoms with Crippen LogP contribution in [-0.4, -0.2) is 50.0 Å². The Labute approximate surface area is 104 Å². The lowest BCUT2D eigenvalue weighted by Crippen LogP contribution is -2.35. The average molecular weight is 268 g/mol. The molecule has 4 nitrogen and oxygen atoms in total. The number of ether oxygens (including phenoxy) is 1. The number of hydrogen-bond acceptors (Lipinski definition) is 3. The minimum absolute atomic E-state index is 0.196. The van der Waals surface area contributed by atoms with E-state index in [1.165, 1.54) is 12.8 Å². The van der Waals surface area contributed by atoms with Crippen molar-refractivity contribution in [2.24, 2.45) is 5.92 Å². The number of alkyl halides is 3. The van der Waals surface area contributed by atoms with Crippen molar-refractivity contribution in [2.45, 2.75) is 25.9 Å². The molecular weight excluding hydrogens is 249 g/mol. The van der Waals surface area contributed by atoms with Crippen molar-refractivity contribution >= 4 is 6.09 Å². The highest BCUT2D eigenvalue weighted by Crippen LogP contribution is 2.14. The molecule has 1 heterocycles. The summed E-state index contributed by atoms with van der Waals surface area (Å²) in [5.41, 5.74) is 0. The van der Waals surface area contributed by atoms with Gasteiger partial charge in [-0.1, -0.05) is 6.92 Å². The third-order valence-electron chi connectivity index (χ3n) is 2.73. The highest BCUT2D eigenvalue weighted by atomic mass is 19.4. The summed E-state index contributed by atoms with van der Waals surface area (Å²) in [7, 11) is 0. The third kappa shape index (κ3) is 6.68. The maximum Gasteiger partial charge on any atom is 0.422 e. The molecular formula is C11H19F3N2O2. The molecule has 1 amide bonds. The predicted molar refractivity (Wildman–Crippen MR) is 60.2 cm³/mol. The Morgan fingerprint density at radius 1 is 1.39 bits per heavy atom. The number of carbonyl (C=O) groups is 1. The van der Waals surface area contributed by atoms with Gasteiger partial charge in [0, 0.05) is 13.1 Å². The van der Waals surface area contributed by atoms with Crippen LogP contribution < -0.4 is 5.32 Å². The third-order valence-corrected chi connectivity index (χ3v) is 2.73. The summed E-state index contributed by atoms with van der Waals surface area (Å²) >= 11 is 0. The minimum atomic E-state index is -4.47. The van der Waals surface area contributed by atoms with Crippen LogP contribution in [0.5, 0.6) is 0 Å². The molecule has 1 rings (SSSR count). The number of likely N-dealkylation sites (tertiary alicyclic amines) is 1. The van der Waals surface area contributed by atoms with Gasteiger partial charge in [-0.25, -0.2) is 4.79 Å². The van der Waals surface area contributed by atoms with E-state index in [4.69, 9.17) is 0 Å². The molecule has 1 atom stereocenters. The van der Waals surface area contributed by atoms with E-state index >= 15 is 0 Å². The second-order valence-electron chi connectivity index (χ2n) is 4.69. The van der Waals surface area contributed by atoms with E-state index in [1.807, 2.05) is 6.92 Å². The molecule has 0 aromatic heterocycles. The van der Waals surface area contributed by atoms with Gasteiger partial charge >= 0.3 is 12.3 Å². The Morgan fingerprint density at radius 3 is 2.56 bits per heavy atom. The summed E-state index contributed by atoms with van der Waals surface area (Å²) in [6, 6.07) is 0. The minimum Gasteiger partial charge on any atom is -0.440 e. The van der Waals surface area contributed by atoms with Gasteiger partial charge in [0.05, 0.1) is 0 Å². The highest BCUT2D eigenvalue weighted by Gasteiger charge is 2.29. The largest absolute Gasteiger partial charge is 0.440 e. The lowest BCUT2D eigenvalue weighted by molar-refractivity contribution is -0.160. The smallest absolute Gasteiger partial charge is 0.422 e. The fraction of sp³-hybridized carbons (Fsp3) is 0.909. The van der Waals surface area contributed by atoms with Crippen molar-refractivity contribution in [1.29, 1.82) is 0 Å². The highest BCUT2D eigenvalue weighted by molar-refractivity contribution is 5.67. The molecule has 1 unspecified atom stereocenters. The lowest BCUT2D eigenvalue weighted by Gasteiger charge is -2.20. The van der Waals surface area contributed by atoms with Gasteiger partial charge in [0.15, 0.2) is 6.61 Å². The van der Waals surface area contributed by atoms with E-state index in [0.717, 1.165) is 19.6 Å². The van der Waals surface area contributed by atoms with E-state index in [-0.39, 0.29) is 5.92 Å². The standard InChI is InChI=1S/C11H19F3N2O2/c1-9(7-16-4-2-3-5-16)6-15-10(17)18-8-11(12,13)14/h9H,2-8H2,1H3,(H,15,17). The van der Waals surface area contributed by atoms with Gasteiger partial charge in [-0.2, -0.15) is 13.2 Å².